The number of nitrogens with zero attached hydrogens (tertiary/aromatic N) is 3. The zero-order valence-corrected chi connectivity index (χ0v) is 20.4. The molecule has 1 aliphatic rings. The molecule has 1 fully saturated rings. The normalized spacial score (nSPS) is 22.6. The Morgan fingerprint density at radius 1 is 1.29 bits per heavy atom. The van der Waals surface area contributed by atoms with E-state index in [1.165, 1.54) is 10.8 Å². The molecule has 0 saturated carbocycles. The van der Waals surface area contributed by atoms with Crippen LogP contribution in [0.4, 0.5) is 0 Å². The third-order valence-corrected chi connectivity index (χ3v) is 7.26. The first-order chi connectivity index (χ1) is 14.6. The van der Waals surface area contributed by atoms with E-state index >= 15 is 0 Å². The van der Waals surface area contributed by atoms with Gasteiger partial charge in [-0.25, -0.2) is 16.0 Å². The summed E-state index contributed by atoms with van der Waals surface area (Å²) < 4.78 is 22.4. The van der Waals surface area contributed by atoms with E-state index in [0.717, 1.165) is 0 Å². The van der Waals surface area contributed by atoms with Crippen LogP contribution in [0.3, 0.4) is 0 Å². The number of hydrogen-bond acceptors (Lipinski definition) is 6. The lowest BCUT2D eigenvalue weighted by atomic mass is 10.0. The summed E-state index contributed by atoms with van der Waals surface area (Å²) in [5.41, 5.74) is -0.441. The summed E-state index contributed by atoms with van der Waals surface area (Å²) in [7, 11) is -1.42. The number of aromatic amines is 1. The Labute approximate surface area is 185 Å². The van der Waals surface area contributed by atoms with Crippen molar-refractivity contribution in [3.8, 4) is 0 Å². The monoisotopic (exact) mass is 454 g/mol. The van der Waals surface area contributed by atoms with Gasteiger partial charge in [-0.3, -0.25) is 14.3 Å². The summed E-state index contributed by atoms with van der Waals surface area (Å²) in [4.78, 5) is 29.8. The number of H-pyrrole nitrogens is 1. The van der Waals surface area contributed by atoms with Gasteiger partial charge >= 0.3 is 5.69 Å². The topological polar surface area (TPSA) is 90.2 Å². The maximum Gasteiger partial charge on any atom is 0.330 e. The number of hydrogen-bond donors (Lipinski definition) is 1. The van der Waals surface area contributed by atoms with Crippen LogP contribution < -0.4 is 11.2 Å². The van der Waals surface area contributed by atoms with Crippen molar-refractivity contribution in [1.29, 1.82) is 0 Å². The highest BCUT2D eigenvalue weighted by Gasteiger charge is 2.42. The Balaban J connectivity index is 2.30. The van der Waals surface area contributed by atoms with Gasteiger partial charge in [-0.1, -0.05) is 13.8 Å². The van der Waals surface area contributed by atoms with Crippen molar-refractivity contribution in [3.63, 3.8) is 0 Å². The number of nitrogens with one attached hydrogen (secondary N) is 1. The average molecular weight is 455 g/mol. The summed E-state index contributed by atoms with van der Waals surface area (Å²) >= 11 is 0. The second kappa shape index (κ2) is 11.3. The molecular weight excluding hydrogens is 419 g/mol. The van der Waals surface area contributed by atoms with Crippen molar-refractivity contribution in [3.05, 3.63) is 44.0 Å². The van der Waals surface area contributed by atoms with E-state index in [1.54, 1.807) is 6.92 Å². The summed E-state index contributed by atoms with van der Waals surface area (Å²) in [5.74, 6) is 0.154. The van der Waals surface area contributed by atoms with Gasteiger partial charge in [0.2, 0.25) is 6.54 Å². The third kappa shape index (κ3) is 6.47. The lowest BCUT2D eigenvalue weighted by Crippen LogP contribution is -2.36. The van der Waals surface area contributed by atoms with Gasteiger partial charge in [0.25, 0.3) is 14.1 Å². The zero-order chi connectivity index (χ0) is 23.3. The second-order valence-electron chi connectivity index (χ2n) is 8.68. The van der Waals surface area contributed by atoms with Crippen molar-refractivity contribution >= 4 is 8.53 Å². The van der Waals surface area contributed by atoms with Crippen molar-refractivity contribution in [1.82, 2.24) is 14.2 Å². The minimum atomic E-state index is -1.42. The highest BCUT2D eigenvalue weighted by Crippen LogP contribution is 2.50. The molecule has 0 aliphatic carbocycles. The van der Waals surface area contributed by atoms with Crippen LogP contribution in [0.15, 0.2) is 15.8 Å². The van der Waals surface area contributed by atoms with Gasteiger partial charge in [0, 0.05) is 30.3 Å². The number of aryl methyl sites for hydroxylation is 1. The molecule has 0 amide bonds. The lowest BCUT2D eigenvalue weighted by molar-refractivity contribution is -0.0410. The fraction of sp³-hybridized carbons (Fsp3) is 0.762. The van der Waals surface area contributed by atoms with Crippen molar-refractivity contribution in [2.45, 2.75) is 85.4 Å². The van der Waals surface area contributed by atoms with Gasteiger partial charge in [-0.2, -0.15) is 0 Å². The fourth-order valence-electron chi connectivity index (χ4n) is 3.73. The Kier molecular flexibility index (Phi) is 9.41. The van der Waals surface area contributed by atoms with Gasteiger partial charge < -0.3 is 18.6 Å². The van der Waals surface area contributed by atoms with Crippen LogP contribution in [0.5, 0.6) is 0 Å². The SMILES string of the molecule is [C-]#[N+]CCOP(O[C@@H]1C[C@H](n2cc(C)c(=O)[nH]c2=O)O[C@@H]1C(C)C)N(C(C)C)C(C)C. The number of ether oxygens (including phenoxy) is 1. The average Bonchev–Trinajstić information content (AvgIpc) is 3.08. The van der Waals surface area contributed by atoms with Crippen LogP contribution in [-0.4, -0.2) is 51.7 Å². The van der Waals surface area contributed by atoms with E-state index in [4.69, 9.17) is 20.4 Å². The summed E-state index contributed by atoms with van der Waals surface area (Å²) in [6.07, 6.45) is 0.938. The Morgan fingerprint density at radius 2 is 1.94 bits per heavy atom. The molecule has 0 aromatic carbocycles. The maximum absolute atomic E-state index is 12.4. The molecule has 1 unspecified atom stereocenters. The fourth-order valence-corrected chi connectivity index (χ4v) is 5.46. The molecule has 2 heterocycles. The second-order valence-corrected chi connectivity index (χ2v) is 10.1. The molecule has 1 aromatic heterocycles. The first-order valence-corrected chi connectivity index (χ1v) is 11.9. The smallest absolute Gasteiger partial charge is 0.330 e. The van der Waals surface area contributed by atoms with Crippen molar-refractivity contribution in [2.75, 3.05) is 13.2 Å². The minimum Gasteiger partial charge on any atom is -0.352 e. The predicted molar refractivity (Wildman–Crippen MR) is 121 cm³/mol. The maximum atomic E-state index is 12.4. The first-order valence-electron chi connectivity index (χ1n) is 10.8. The molecule has 4 atom stereocenters. The molecule has 10 heteroatoms. The summed E-state index contributed by atoms with van der Waals surface area (Å²) in [5, 5.41) is 0. The van der Waals surface area contributed by atoms with E-state index < -0.39 is 26.0 Å². The molecule has 0 bridgehead atoms. The third-order valence-electron chi connectivity index (χ3n) is 5.10. The highest BCUT2D eigenvalue weighted by atomic mass is 31.2. The van der Waals surface area contributed by atoms with E-state index in [2.05, 4.69) is 56.0 Å². The molecular formula is C21H35N4O5P. The molecule has 2 rings (SSSR count). The molecule has 174 valence electrons. The molecule has 9 nitrogen and oxygen atoms in total. The van der Waals surface area contributed by atoms with Crippen LogP contribution >= 0.6 is 8.53 Å². The lowest BCUT2D eigenvalue weighted by Gasteiger charge is -2.37. The molecule has 0 spiro atoms. The Bertz CT molecular complexity index is 868. The van der Waals surface area contributed by atoms with E-state index in [-0.39, 0.29) is 36.8 Å². The zero-order valence-electron chi connectivity index (χ0n) is 19.5. The number of rotatable bonds is 10. The molecule has 0 radical (unpaired) electrons. The van der Waals surface area contributed by atoms with Gasteiger partial charge in [-0.15, -0.1) is 0 Å². The minimum absolute atomic E-state index is 0.154. The quantitative estimate of drug-likeness (QED) is 0.331. The molecule has 1 aliphatic heterocycles. The molecule has 1 N–H and O–H groups in total. The standard InChI is InChI=1S/C21H35N4O5P/c1-13(2)19-17(11-18(29-19)24-12-16(7)20(26)23-21(24)27)30-31(28-10-9-22-8)25(14(3)4)15(5)6/h12-15,17-19H,9-11H2,1-7H3,(H,23,26,27)/t17-,18-,19-,31?/m1/s1. The van der Waals surface area contributed by atoms with Crippen LogP contribution in [0.2, 0.25) is 0 Å². The van der Waals surface area contributed by atoms with Crippen LogP contribution in [0.1, 0.15) is 59.8 Å². The van der Waals surface area contributed by atoms with Crippen molar-refractivity contribution < 1.29 is 13.8 Å². The molecule has 1 aromatic rings. The highest BCUT2D eigenvalue weighted by molar-refractivity contribution is 7.44. The van der Waals surface area contributed by atoms with Crippen LogP contribution in [0.25, 0.3) is 4.85 Å². The van der Waals surface area contributed by atoms with Crippen LogP contribution in [-0.2, 0) is 13.8 Å². The first kappa shape index (κ1) is 25.7. The van der Waals surface area contributed by atoms with Gasteiger partial charge in [0.05, 0.1) is 12.2 Å². The van der Waals surface area contributed by atoms with Gasteiger partial charge in [0.15, 0.2) is 0 Å². The van der Waals surface area contributed by atoms with Crippen LogP contribution in [0, 0.1) is 19.4 Å². The Morgan fingerprint density at radius 3 is 2.48 bits per heavy atom. The summed E-state index contributed by atoms with van der Waals surface area (Å²) in [6, 6.07) is 0.387. The van der Waals surface area contributed by atoms with E-state index in [1.807, 2.05) is 0 Å². The molecule has 1 saturated heterocycles. The largest absolute Gasteiger partial charge is 0.352 e. The number of aromatic nitrogens is 2. The van der Waals surface area contributed by atoms with Gasteiger partial charge in [-0.05, 0) is 40.5 Å². The Hall–Kier alpha value is -1.56. The molecule has 31 heavy (non-hydrogen) atoms. The van der Waals surface area contributed by atoms with Crippen molar-refractivity contribution in [2.24, 2.45) is 5.92 Å². The summed E-state index contributed by atoms with van der Waals surface area (Å²) in [6.45, 7) is 21.7. The van der Waals surface area contributed by atoms with Gasteiger partial charge in [0.1, 0.15) is 12.8 Å². The predicted octanol–water partition coefficient (Wildman–Crippen LogP) is 3.46. The van der Waals surface area contributed by atoms with E-state index in [9.17, 15) is 9.59 Å². The van der Waals surface area contributed by atoms with E-state index in [0.29, 0.717) is 18.6 Å².